The molecule has 2 atom stereocenters. The Kier molecular flexibility index (Phi) is 5.81. The summed E-state index contributed by atoms with van der Waals surface area (Å²) in [4.78, 5) is 31.5. The molecule has 3 N–H and O–H groups in total. The van der Waals surface area contributed by atoms with Gasteiger partial charge in [-0.3, -0.25) is 19.9 Å². The second-order valence-corrected chi connectivity index (χ2v) is 7.84. The van der Waals surface area contributed by atoms with Gasteiger partial charge in [-0.15, -0.1) is 0 Å². The maximum atomic E-state index is 13.9. The number of hydrazine groups is 1. The number of aliphatic imine (C=N–C) groups is 1. The van der Waals surface area contributed by atoms with Crippen molar-refractivity contribution in [2.75, 3.05) is 22.5 Å². The van der Waals surface area contributed by atoms with Crippen LogP contribution >= 0.6 is 23.4 Å². The minimum absolute atomic E-state index is 0.0394. The number of carbonyl (C=O) groups excluding carboxylic acids is 2. The Morgan fingerprint density at radius 2 is 2.10 bits per heavy atom. The van der Waals surface area contributed by atoms with Crippen LogP contribution in [0.25, 0.3) is 0 Å². The van der Waals surface area contributed by atoms with Gasteiger partial charge in [0, 0.05) is 11.6 Å². The number of anilines is 2. The molecule has 2 unspecified atom stereocenters. The number of halogens is 2. The van der Waals surface area contributed by atoms with E-state index in [-0.39, 0.29) is 34.5 Å². The Morgan fingerprint density at radius 1 is 1.31 bits per heavy atom. The van der Waals surface area contributed by atoms with E-state index >= 15 is 0 Å². The van der Waals surface area contributed by atoms with E-state index in [0.717, 1.165) is 17.8 Å². The Morgan fingerprint density at radius 3 is 2.86 bits per heavy atom. The van der Waals surface area contributed by atoms with Crippen molar-refractivity contribution < 1.29 is 14.0 Å². The lowest BCUT2D eigenvalue weighted by Crippen LogP contribution is -2.49. The summed E-state index contributed by atoms with van der Waals surface area (Å²) in [6.07, 6.45) is -0.387. The molecule has 150 valence electrons. The summed E-state index contributed by atoms with van der Waals surface area (Å²) in [5.41, 5.74) is 6.64. The van der Waals surface area contributed by atoms with Gasteiger partial charge in [0.25, 0.3) is 0 Å². The number of para-hydroxylation sites is 1. The first kappa shape index (κ1) is 19.8. The van der Waals surface area contributed by atoms with E-state index < -0.39 is 11.7 Å². The average Bonchev–Trinajstić information content (AvgIpc) is 3.18. The number of carbonyl (C=O) groups is 2. The van der Waals surface area contributed by atoms with Crippen molar-refractivity contribution in [3.63, 3.8) is 0 Å². The third-order valence-corrected chi connectivity index (χ3v) is 5.67. The van der Waals surface area contributed by atoms with Gasteiger partial charge in [0.05, 0.1) is 23.0 Å². The van der Waals surface area contributed by atoms with Crippen LogP contribution in [-0.4, -0.2) is 35.4 Å². The number of nitrogens with one attached hydrogen (secondary N) is 3. The maximum absolute atomic E-state index is 13.9. The Labute approximate surface area is 175 Å². The fourth-order valence-corrected chi connectivity index (χ4v) is 4.09. The SMILES string of the molecule is O=C(CSC1=NC2NNCC2C(=O)N1c1ccccc1)Nc1ccc(Cl)cc1F. The van der Waals surface area contributed by atoms with Gasteiger partial charge in [0.15, 0.2) is 5.17 Å². The Bertz CT molecular complexity index is 974. The van der Waals surface area contributed by atoms with E-state index in [4.69, 9.17) is 11.6 Å². The van der Waals surface area contributed by atoms with E-state index in [1.54, 1.807) is 0 Å². The van der Waals surface area contributed by atoms with Gasteiger partial charge in [-0.25, -0.2) is 14.8 Å². The summed E-state index contributed by atoms with van der Waals surface area (Å²) in [7, 11) is 0. The number of amides is 2. The average molecular weight is 434 g/mol. The second-order valence-electron chi connectivity index (χ2n) is 6.46. The lowest BCUT2D eigenvalue weighted by atomic mass is 10.1. The topological polar surface area (TPSA) is 85.8 Å². The van der Waals surface area contributed by atoms with Gasteiger partial charge in [-0.05, 0) is 30.3 Å². The molecule has 4 rings (SSSR count). The quantitative estimate of drug-likeness (QED) is 0.690. The number of fused-ring (bicyclic) bond motifs is 1. The summed E-state index contributed by atoms with van der Waals surface area (Å²) in [6, 6.07) is 13.2. The molecule has 1 fully saturated rings. The van der Waals surface area contributed by atoms with Crippen LogP contribution in [0, 0.1) is 11.7 Å². The lowest BCUT2D eigenvalue weighted by Gasteiger charge is -2.32. The standard InChI is InChI=1S/C19H17ClFN5O2S/c20-11-6-7-15(14(21)8-11)23-16(27)10-29-19-24-17-13(9-22-25-17)18(28)26(19)12-4-2-1-3-5-12/h1-8,13,17,22,25H,9-10H2,(H,23,27). The van der Waals surface area contributed by atoms with Crippen molar-refractivity contribution >= 4 is 51.7 Å². The Balaban J connectivity index is 1.50. The van der Waals surface area contributed by atoms with Crippen LogP contribution in [-0.2, 0) is 9.59 Å². The zero-order valence-corrected chi connectivity index (χ0v) is 16.6. The van der Waals surface area contributed by atoms with Crippen LogP contribution in [0.15, 0.2) is 53.5 Å². The third kappa shape index (κ3) is 4.27. The zero-order valence-electron chi connectivity index (χ0n) is 15.1. The van der Waals surface area contributed by atoms with Gasteiger partial charge in [-0.1, -0.05) is 41.6 Å². The fourth-order valence-electron chi connectivity index (χ4n) is 3.09. The van der Waals surface area contributed by atoms with Crippen LogP contribution in [0.2, 0.25) is 5.02 Å². The molecule has 0 bridgehead atoms. The molecule has 0 saturated carbocycles. The van der Waals surface area contributed by atoms with Crippen molar-refractivity contribution in [3.05, 3.63) is 59.4 Å². The van der Waals surface area contributed by atoms with Gasteiger partial charge >= 0.3 is 0 Å². The van der Waals surface area contributed by atoms with Gasteiger partial charge < -0.3 is 5.32 Å². The number of hydrogen-bond acceptors (Lipinski definition) is 6. The molecule has 10 heteroatoms. The first-order chi connectivity index (χ1) is 14.0. The zero-order chi connectivity index (χ0) is 20.4. The van der Waals surface area contributed by atoms with E-state index in [1.165, 1.54) is 17.0 Å². The molecule has 29 heavy (non-hydrogen) atoms. The highest BCUT2D eigenvalue weighted by molar-refractivity contribution is 8.14. The summed E-state index contributed by atoms with van der Waals surface area (Å²) >= 11 is 6.84. The Hall–Kier alpha value is -2.46. The fraction of sp³-hybridized carbons (Fsp3) is 0.211. The molecule has 0 spiro atoms. The molecular weight excluding hydrogens is 417 g/mol. The maximum Gasteiger partial charge on any atom is 0.241 e. The predicted molar refractivity (Wildman–Crippen MR) is 112 cm³/mol. The van der Waals surface area contributed by atoms with Crippen molar-refractivity contribution in [2.45, 2.75) is 6.17 Å². The number of nitrogens with zero attached hydrogens (tertiary/aromatic N) is 2. The molecule has 2 amide bonds. The van der Waals surface area contributed by atoms with Crippen LogP contribution in [0.1, 0.15) is 0 Å². The normalized spacial score (nSPS) is 21.0. The van der Waals surface area contributed by atoms with Crippen molar-refractivity contribution in [2.24, 2.45) is 10.9 Å². The van der Waals surface area contributed by atoms with Gasteiger partial charge in [0.1, 0.15) is 12.0 Å². The second kappa shape index (κ2) is 8.50. The van der Waals surface area contributed by atoms with Crippen molar-refractivity contribution in [3.8, 4) is 0 Å². The van der Waals surface area contributed by atoms with E-state index in [9.17, 15) is 14.0 Å². The predicted octanol–water partition coefficient (Wildman–Crippen LogP) is 2.60. The number of hydrogen-bond donors (Lipinski definition) is 3. The lowest BCUT2D eigenvalue weighted by molar-refractivity contribution is -0.121. The molecule has 2 aromatic carbocycles. The first-order valence-corrected chi connectivity index (χ1v) is 10.2. The van der Waals surface area contributed by atoms with E-state index in [1.807, 2.05) is 30.3 Å². The van der Waals surface area contributed by atoms with Crippen LogP contribution in [0.5, 0.6) is 0 Å². The molecule has 1 saturated heterocycles. The van der Waals surface area contributed by atoms with Crippen LogP contribution in [0.3, 0.4) is 0 Å². The highest BCUT2D eigenvalue weighted by Gasteiger charge is 2.42. The first-order valence-electron chi connectivity index (χ1n) is 8.86. The summed E-state index contributed by atoms with van der Waals surface area (Å²) < 4.78 is 13.9. The van der Waals surface area contributed by atoms with Gasteiger partial charge in [0.2, 0.25) is 11.8 Å². The molecule has 0 aliphatic carbocycles. The molecular formula is C19H17ClFN5O2S. The summed E-state index contributed by atoms with van der Waals surface area (Å²) in [5.74, 6) is -1.49. The van der Waals surface area contributed by atoms with Gasteiger partial charge in [-0.2, -0.15) is 0 Å². The summed E-state index contributed by atoms with van der Waals surface area (Å²) in [6.45, 7) is 0.477. The number of amidine groups is 1. The number of benzene rings is 2. The largest absolute Gasteiger partial charge is 0.323 e. The smallest absolute Gasteiger partial charge is 0.241 e. The highest BCUT2D eigenvalue weighted by atomic mass is 35.5. The summed E-state index contributed by atoms with van der Waals surface area (Å²) in [5, 5.41) is 3.16. The van der Waals surface area contributed by atoms with E-state index in [0.29, 0.717) is 17.4 Å². The molecule has 2 aliphatic rings. The monoisotopic (exact) mass is 433 g/mol. The van der Waals surface area contributed by atoms with Crippen molar-refractivity contribution in [1.82, 2.24) is 10.9 Å². The third-order valence-electron chi connectivity index (χ3n) is 4.48. The highest BCUT2D eigenvalue weighted by Crippen LogP contribution is 2.29. The number of rotatable bonds is 4. The molecule has 7 nitrogen and oxygen atoms in total. The molecule has 2 heterocycles. The molecule has 2 aromatic rings. The minimum Gasteiger partial charge on any atom is -0.323 e. The number of thioether (sulfide) groups is 1. The van der Waals surface area contributed by atoms with E-state index in [2.05, 4.69) is 21.2 Å². The van der Waals surface area contributed by atoms with Crippen molar-refractivity contribution in [1.29, 1.82) is 0 Å². The molecule has 0 aromatic heterocycles. The molecule has 2 aliphatic heterocycles. The van der Waals surface area contributed by atoms with Crippen LogP contribution in [0.4, 0.5) is 15.8 Å². The minimum atomic E-state index is -0.615. The molecule has 0 radical (unpaired) electrons. The van der Waals surface area contributed by atoms with Crippen LogP contribution < -0.4 is 21.1 Å².